The summed E-state index contributed by atoms with van der Waals surface area (Å²) in [7, 11) is 2.08. The molecule has 1 fully saturated rings. The minimum Gasteiger partial charge on any atom is -0.338 e. The van der Waals surface area contributed by atoms with Gasteiger partial charge in [0.15, 0.2) is 0 Å². The first-order chi connectivity index (χ1) is 7.36. The van der Waals surface area contributed by atoms with Crippen molar-refractivity contribution in [3.8, 4) is 0 Å². The molecule has 0 spiro atoms. The van der Waals surface area contributed by atoms with Crippen molar-refractivity contribution in [3.63, 3.8) is 0 Å². The summed E-state index contributed by atoms with van der Waals surface area (Å²) >= 11 is 0. The smallest absolute Gasteiger partial charge is 0.108 e. The molecular formula is C12H21N3. The second-order valence-corrected chi connectivity index (χ2v) is 4.56. The highest BCUT2D eigenvalue weighted by Crippen LogP contribution is 2.16. The third-order valence-corrected chi connectivity index (χ3v) is 3.35. The van der Waals surface area contributed by atoms with Crippen LogP contribution < -0.4 is 5.32 Å². The van der Waals surface area contributed by atoms with E-state index in [9.17, 15) is 0 Å². The van der Waals surface area contributed by atoms with Crippen molar-refractivity contribution in [2.45, 2.75) is 32.1 Å². The molecule has 1 unspecified atom stereocenters. The van der Waals surface area contributed by atoms with Gasteiger partial charge in [-0.1, -0.05) is 6.42 Å². The molecule has 15 heavy (non-hydrogen) atoms. The molecular weight excluding hydrogens is 186 g/mol. The SMILES string of the molecule is Cn1ccnc1CCC1CCCCNC1. The number of aromatic nitrogens is 2. The van der Waals surface area contributed by atoms with Gasteiger partial charge in [-0.2, -0.15) is 0 Å². The van der Waals surface area contributed by atoms with E-state index < -0.39 is 0 Å². The first-order valence-corrected chi connectivity index (χ1v) is 6.03. The van der Waals surface area contributed by atoms with E-state index in [2.05, 4.69) is 21.9 Å². The number of rotatable bonds is 3. The molecule has 3 nitrogen and oxygen atoms in total. The highest BCUT2D eigenvalue weighted by atomic mass is 15.0. The Labute approximate surface area is 91.9 Å². The van der Waals surface area contributed by atoms with E-state index >= 15 is 0 Å². The molecule has 0 aromatic carbocycles. The van der Waals surface area contributed by atoms with Gasteiger partial charge in [-0.25, -0.2) is 4.98 Å². The van der Waals surface area contributed by atoms with Crippen LogP contribution in [0.15, 0.2) is 12.4 Å². The zero-order chi connectivity index (χ0) is 10.5. The molecule has 84 valence electrons. The molecule has 0 bridgehead atoms. The summed E-state index contributed by atoms with van der Waals surface area (Å²) in [5, 5.41) is 3.51. The topological polar surface area (TPSA) is 29.9 Å². The van der Waals surface area contributed by atoms with E-state index in [4.69, 9.17) is 0 Å². The number of imidazole rings is 1. The summed E-state index contributed by atoms with van der Waals surface area (Å²) in [6.07, 6.45) is 10.4. The summed E-state index contributed by atoms with van der Waals surface area (Å²) < 4.78 is 2.13. The molecule has 3 heteroatoms. The fourth-order valence-electron chi connectivity index (χ4n) is 2.31. The van der Waals surface area contributed by atoms with Gasteiger partial charge in [-0.15, -0.1) is 0 Å². The Morgan fingerprint density at radius 2 is 2.47 bits per heavy atom. The summed E-state index contributed by atoms with van der Waals surface area (Å²) in [5.74, 6) is 2.07. The Kier molecular flexibility index (Phi) is 3.78. The maximum absolute atomic E-state index is 4.37. The highest BCUT2D eigenvalue weighted by Gasteiger charge is 2.12. The van der Waals surface area contributed by atoms with E-state index in [0.29, 0.717) is 0 Å². The van der Waals surface area contributed by atoms with Crippen LogP contribution in [0.2, 0.25) is 0 Å². The normalized spacial score (nSPS) is 22.6. The van der Waals surface area contributed by atoms with Gasteiger partial charge in [0.05, 0.1) is 0 Å². The van der Waals surface area contributed by atoms with Crippen molar-refractivity contribution in [2.24, 2.45) is 13.0 Å². The number of aryl methyl sites for hydroxylation is 2. The molecule has 1 aromatic heterocycles. The van der Waals surface area contributed by atoms with Crippen LogP contribution in [0.4, 0.5) is 0 Å². The average molecular weight is 207 g/mol. The van der Waals surface area contributed by atoms with E-state index in [-0.39, 0.29) is 0 Å². The second-order valence-electron chi connectivity index (χ2n) is 4.56. The average Bonchev–Trinajstić information content (AvgIpc) is 2.53. The molecule has 1 aromatic rings. The molecule has 1 aliphatic heterocycles. The van der Waals surface area contributed by atoms with Crippen LogP contribution in [0.25, 0.3) is 0 Å². The zero-order valence-electron chi connectivity index (χ0n) is 9.58. The van der Waals surface area contributed by atoms with Gasteiger partial charge in [0, 0.05) is 25.9 Å². The minimum absolute atomic E-state index is 0.851. The fraction of sp³-hybridized carbons (Fsp3) is 0.750. The number of hydrogen-bond acceptors (Lipinski definition) is 2. The molecule has 1 atom stereocenters. The molecule has 0 saturated carbocycles. The number of nitrogens with zero attached hydrogens (tertiary/aromatic N) is 2. The van der Waals surface area contributed by atoms with Crippen molar-refractivity contribution >= 4 is 0 Å². The lowest BCUT2D eigenvalue weighted by atomic mass is 9.98. The van der Waals surface area contributed by atoms with Crippen molar-refractivity contribution in [1.82, 2.24) is 14.9 Å². The Balaban J connectivity index is 1.79. The molecule has 1 aliphatic rings. The van der Waals surface area contributed by atoms with Crippen molar-refractivity contribution in [2.75, 3.05) is 13.1 Å². The minimum atomic E-state index is 0.851. The quantitative estimate of drug-likeness (QED) is 0.818. The summed E-state index contributed by atoms with van der Waals surface area (Å²) in [6.45, 7) is 2.41. The van der Waals surface area contributed by atoms with Gasteiger partial charge in [-0.3, -0.25) is 0 Å². The van der Waals surface area contributed by atoms with Gasteiger partial charge < -0.3 is 9.88 Å². The van der Waals surface area contributed by atoms with Crippen LogP contribution in [0.5, 0.6) is 0 Å². The second kappa shape index (κ2) is 5.31. The maximum atomic E-state index is 4.37. The summed E-state index contributed by atoms with van der Waals surface area (Å²) in [4.78, 5) is 4.37. The lowest BCUT2D eigenvalue weighted by molar-refractivity contribution is 0.440. The molecule has 0 aliphatic carbocycles. The fourth-order valence-corrected chi connectivity index (χ4v) is 2.31. The predicted octanol–water partition coefficient (Wildman–Crippen LogP) is 1.74. The predicted molar refractivity (Wildman–Crippen MR) is 61.7 cm³/mol. The maximum Gasteiger partial charge on any atom is 0.108 e. The first kappa shape index (κ1) is 10.7. The molecule has 0 radical (unpaired) electrons. The Morgan fingerprint density at radius 1 is 1.53 bits per heavy atom. The van der Waals surface area contributed by atoms with Crippen LogP contribution >= 0.6 is 0 Å². The largest absolute Gasteiger partial charge is 0.338 e. The van der Waals surface area contributed by atoms with Gasteiger partial charge >= 0.3 is 0 Å². The van der Waals surface area contributed by atoms with Crippen LogP contribution in [0, 0.1) is 5.92 Å². The van der Waals surface area contributed by atoms with Crippen LogP contribution in [-0.2, 0) is 13.5 Å². The lowest BCUT2D eigenvalue weighted by Crippen LogP contribution is -2.21. The lowest BCUT2D eigenvalue weighted by Gasteiger charge is -2.13. The van der Waals surface area contributed by atoms with Crippen molar-refractivity contribution < 1.29 is 0 Å². The zero-order valence-corrected chi connectivity index (χ0v) is 9.58. The van der Waals surface area contributed by atoms with Crippen LogP contribution in [-0.4, -0.2) is 22.6 Å². The molecule has 2 rings (SSSR count). The first-order valence-electron chi connectivity index (χ1n) is 6.03. The number of nitrogens with one attached hydrogen (secondary N) is 1. The van der Waals surface area contributed by atoms with Gasteiger partial charge in [0.2, 0.25) is 0 Å². The molecule has 2 heterocycles. The van der Waals surface area contributed by atoms with Gasteiger partial charge in [-0.05, 0) is 38.3 Å². The third-order valence-electron chi connectivity index (χ3n) is 3.35. The Hall–Kier alpha value is -0.830. The molecule has 0 amide bonds. The highest BCUT2D eigenvalue weighted by molar-refractivity contribution is 4.91. The Morgan fingerprint density at radius 3 is 3.27 bits per heavy atom. The van der Waals surface area contributed by atoms with Crippen molar-refractivity contribution in [3.05, 3.63) is 18.2 Å². The van der Waals surface area contributed by atoms with Gasteiger partial charge in [0.1, 0.15) is 5.82 Å². The van der Waals surface area contributed by atoms with Crippen LogP contribution in [0.1, 0.15) is 31.5 Å². The molecule has 1 N–H and O–H groups in total. The summed E-state index contributed by atoms with van der Waals surface area (Å²) in [5.41, 5.74) is 0. The van der Waals surface area contributed by atoms with E-state index in [1.54, 1.807) is 0 Å². The van der Waals surface area contributed by atoms with Crippen LogP contribution in [0.3, 0.4) is 0 Å². The van der Waals surface area contributed by atoms with Gasteiger partial charge in [0.25, 0.3) is 0 Å². The summed E-state index contributed by atoms with van der Waals surface area (Å²) in [6, 6.07) is 0. The molecule has 1 saturated heterocycles. The van der Waals surface area contributed by atoms with Crippen molar-refractivity contribution in [1.29, 1.82) is 0 Å². The number of hydrogen-bond donors (Lipinski definition) is 1. The van der Waals surface area contributed by atoms with E-state index in [1.165, 1.54) is 44.6 Å². The van der Waals surface area contributed by atoms with E-state index in [1.807, 2.05) is 12.4 Å². The van der Waals surface area contributed by atoms with E-state index in [0.717, 1.165) is 12.3 Å². The Bertz CT molecular complexity index is 285. The third kappa shape index (κ3) is 3.06. The monoisotopic (exact) mass is 207 g/mol. The standard InChI is InChI=1S/C12H21N3/c1-15-9-8-14-12(15)6-5-11-4-2-3-7-13-10-11/h8-9,11,13H,2-7,10H2,1H3.